The minimum Gasteiger partial charge on any atom is -0.395 e. The van der Waals surface area contributed by atoms with Crippen LogP contribution in [0.15, 0.2) is 71.8 Å². The zero-order valence-electron chi connectivity index (χ0n) is 17.2. The first-order valence-electron chi connectivity index (χ1n) is 10.0. The molecule has 158 valence electrons. The highest BCUT2D eigenvalue weighted by Gasteiger charge is 2.24. The minimum atomic E-state index is -0.201. The third-order valence-corrected chi connectivity index (χ3v) is 6.37. The van der Waals surface area contributed by atoms with E-state index in [1.54, 1.807) is 16.4 Å². The van der Waals surface area contributed by atoms with Crippen molar-refractivity contribution >= 4 is 27.5 Å². The predicted octanol–water partition coefficient (Wildman–Crippen LogP) is 3.45. The molecule has 0 aliphatic heterocycles. The lowest BCUT2D eigenvalue weighted by molar-refractivity contribution is 0.0712. The van der Waals surface area contributed by atoms with Gasteiger partial charge in [-0.2, -0.15) is 0 Å². The first-order chi connectivity index (χ1) is 15.1. The van der Waals surface area contributed by atoms with Gasteiger partial charge in [0.15, 0.2) is 0 Å². The molecule has 0 saturated carbocycles. The largest absolute Gasteiger partial charge is 0.395 e. The van der Waals surface area contributed by atoms with Crippen LogP contribution in [0.5, 0.6) is 0 Å². The Morgan fingerprint density at radius 2 is 1.71 bits per heavy atom. The average Bonchev–Trinajstić information content (AvgIpc) is 3.13. The van der Waals surface area contributed by atoms with Gasteiger partial charge in [-0.15, -0.1) is 11.3 Å². The second kappa shape index (κ2) is 9.24. The molecule has 0 aliphatic rings. The summed E-state index contributed by atoms with van der Waals surface area (Å²) in [6.07, 6.45) is 1.54. The van der Waals surface area contributed by atoms with Crippen molar-refractivity contribution in [2.75, 3.05) is 13.2 Å². The Hall–Kier alpha value is -3.29. The Kier molecular flexibility index (Phi) is 6.25. The number of hydrogen-bond acceptors (Lipinski definition) is 5. The van der Waals surface area contributed by atoms with Gasteiger partial charge in [-0.1, -0.05) is 60.7 Å². The second-order valence-corrected chi connectivity index (χ2v) is 8.33. The lowest BCUT2D eigenvalue weighted by atomic mass is 10.1. The number of carbonyl (C=O) groups is 1. The summed E-state index contributed by atoms with van der Waals surface area (Å²) in [5.41, 5.74) is 2.47. The molecule has 1 amide bonds. The van der Waals surface area contributed by atoms with Gasteiger partial charge in [0.1, 0.15) is 4.83 Å². The van der Waals surface area contributed by atoms with E-state index < -0.39 is 0 Å². The van der Waals surface area contributed by atoms with Gasteiger partial charge in [-0.3, -0.25) is 14.2 Å². The molecule has 0 saturated heterocycles. The molecule has 0 bridgehead atoms. The summed E-state index contributed by atoms with van der Waals surface area (Å²) >= 11 is 1.23. The van der Waals surface area contributed by atoms with E-state index in [2.05, 4.69) is 4.98 Å². The maximum Gasteiger partial charge on any atom is 0.264 e. The summed E-state index contributed by atoms with van der Waals surface area (Å²) in [5, 5.41) is 9.97. The summed E-state index contributed by atoms with van der Waals surface area (Å²) in [5.74, 6) is -0.201. The van der Waals surface area contributed by atoms with E-state index in [0.717, 1.165) is 11.1 Å². The maximum absolute atomic E-state index is 13.3. The smallest absolute Gasteiger partial charge is 0.264 e. The van der Waals surface area contributed by atoms with Crippen LogP contribution in [-0.4, -0.2) is 38.6 Å². The number of aromatic nitrogens is 2. The molecule has 0 spiro atoms. The molecular weight excluding hydrogens is 410 g/mol. The minimum absolute atomic E-state index is 0.134. The van der Waals surface area contributed by atoms with Crippen LogP contribution in [0.3, 0.4) is 0 Å². The van der Waals surface area contributed by atoms with Crippen molar-refractivity contribution in [2.24, 2.45) is 0 Å². The van der Waals surface area contributed by atoms with Gasteiger partial charge in [-0.25, -0.2) is 4.98 Å². The monoisotopic (exact) mass is 433 g/mol. The maximum atomic E-state index is 13.3. The number of hydrogen-bond donors (Lipinski definition) is 1. The van der Waals surface area contributed by atoms with Crippen molar-refractivity contribution in [3.05, 3.63) is 98.9 Å². The highest BCUT2D eigenvalue weighted by Crippen LogP contribution is 2.28. The summed E-state index contributed by atoms with van der Waals surface area (Å²) in [6.45, 7) is 2.69. The van der Waals surface area contributed by atoms with Crippen LogP contribution in [0.1, 0.15) is 26.4 Å². The van der Waals surface area contributed by atoms with Gasteiger partial charge in [0.05, 0.1) is 29.7 Å². The van der Waals surface area contributed by atoms with E-state index in [1.165, 1.54) is 17.7 Å². The van der Waals surface area contributed by atoms with Crippen molar-refractivity contribution in [1.82, 2.24) is 14.5 Å². The zero-order chi connectivity index (χ0) is 21.8. The van der Waals surface area contributed by atoms with Crippen LogP contribution in [0, 0.1) is 6.92 Å². The van der Waals surface area contributed by atoms with Crippen molar-refractivity contribution < 1.29 is 9.90 Å². The lowest BCUT2D eigenvalue weighted by Crippen LogP contribution is -2.33. The molecule has 0 radical (unpaired) electrons. The fourth-order valence-corrected chi connectivity index (χ4v) is 4.68. The summed E-state index contributed by atoms with van der Waals surface area (Å²) in [4.78, 5) is 33.5. The number of carbonyl (C=O) groups excluding carboxylic acids is 1. The highest BCUT2D eigenvalue weighted by atomic mass is 32.1. The Bertz CT molecular complexity index is 1250. The molecule has 1 N–H and O–H groups in total. The Morgan fingerprint density at radius 1 is 1.06 bits per heavy atom. The molecule has 31 heavy (non-hydrogen) atoms. The van der Waals surface area contributed by atoms with Crippen molar-refractivity contribution in [3.63, 3.8) is 0 Å². The Balaban J connectivity index is 1.68. The van der Waals surface area contributed by atoms with Crippen LogP contribution in [-0.2, 0) is 13.1 Å². The van der Waals surface area contributed by atoms with Gasteiger partial charge < -0.3 is 10.0 Å². The number of nitrogens with zero attached hydrogens (tertiary/aromatic N) is 3. The predicted molar refractivity (Wildman–Crippen MR) is 122 cm³/mol. The molecule has 0 fully saturated rings. The molecule has 2 heterocycles. The van der Waals surface area contributed by atoms with Gasteiger partial charge in [-0.05, 0) is 23.6 Å². The van der Waals surface area contributed by atoms with E-state index in [9.17, 15) is 14.7 Å². The van der Waals surface area contributed by atoms with Gasteiger partial charge in [0, 0.05) is 13.1 Å². The van der Waals surface area contributed by atoms with Gasteiger partial charge in [0.25, 0.3) is 11.5 Å². The van der Waals surface area contributed by atoms with Crippen LogP contribution in [0.25, 0.3) is 10.2 Å². The van der Waals surface area contributed by atoms with Crippen LogP contribution in [0.4, 0.5) is 0 Å². The number of aryl methyl sites for hydroxylation is 1. The summed E-state index contributed by atoms with van der Waals surface area (Å²) in [7, 11) is 0. The topological polar surface area (TPSA) is 75.4 Å². The summed E-state index contributed by atoms with van der Waals surface area (Å²) < 4.78 is 1.57. The first kappa shape index (κ1) is 21.0. The average molecular weight is 434 g/mol. The number of amides is 1. The van der Waals surface area contributed by atoms with Crippen molar-refractivity contribution in [3.8, 4) is 0 Å². The molecule has 0 aliphatic carbocycles. The Labute approximate surface area is 184 Å². The molecule has 0 atom stereocenters. The third-order valence-electron chi connectivity index (χ3n) is 5.18. The SMILES string of the molecule is Cc1c(C(=O)N(CCO)Cc2ccccc2)sc2ncn(Cc3ccccc3)c(=O)c12. The number of aliphatic hydroxyl groups is 1. The first-order valence-corrected chi connectivity index (χ1v) is 10.9. The zero-order valence-corrected chi connectivity index (χ0v) is 18.0. The molecular formula is C24H23N3O3S. The van der Waals surface area contributed by atoms with E-state index >= 15 is 0 Å². The molecule has 6 nitrogen and oxygen atoms in total. The van der Waals surface area contributed by atoms with Gasteiger partial charge >= 0.3 is 0 Å². The number of benzene rings is 2. The Morgan fingerprint density at radius 3 is 2.35 bits per heavy atom. The fourth-order valence-electron chi connectivity index (χ4n) is 3.58. The normalized spacial score (nSPS) is 11.0. The molecule has 4 rings (SSSR count). The molecule has 0 unspecified atom stereocenters. The summed E-state index contributed by atoms with van der Waals surface area (Å²) in [6, 6.07) is 19.4. The van der Waals surface area contributed by atoms with E-state index in [0.29, 0.717) is 33.7 Å². The number of fused-ring (bicyclic) bond motifs is 1. The van der Waals surface area contributed by atoms with Crippen LogP contribution < -0.4 is 5.56 Å². The quantitative estimate of drug-likeness (QED) is 0.484. The molecule has 4 aromatic rings. The van der Waals surface area contributed by atoms with Gasteiger partial charge in [0.2, 0.25) is 0 Å². The third kappa shape index (κ3) is 4.42. The van der Waals surface area contributed by atoms with Crippen LogP contribution >= 0.6 is 11.3 Å². The number of thiophene rings is 1. The van der Waals surface area contributed by atoms with E-state index in [-0.39, 0.29) is 24.6 Å². The fraction of sp³-hybridized carbons (Fsp3) is 0.208. The van der Waals surface area contributed by atoms with Crippen molar-refractivity contribution in [2.45, 2.75) is 20.0 Å². The van der Waals surface area contributed by atoms with E-state index in [1.807, 2.05) is 60.7 Å². The number of rotatable bonds is 7. The van der Waals surface area contributed by atoms with Crippen LogP contribution in [0.2, 0.25) is 0 Å². The second-order valence-electron chi connectivity index (χ2n) is 7.34. The van der Waals surface area contributed by atoms with E-state index in [4.69, 9.17) is 0 Å². The standard InChI is InChI=1S/C24H23N3O3S/c1-17-20-22(25-16-27(23(20)29)15-19-10-6-3-7-11-19)31-21(17)24(30)26(12-13-28)14-18-8-4-2-5-9-18/h2-11,16,28H,12-15H2,1H3. The van der Waals surface area contributed by atoms with Crippen molar-refractivity contribution in [1.29, 1.82) is 0 Å². The molecule has 2 aromatic heterocycles. The highest BCUT2D eigenvalue weighted by molar-refractivity contribution is 7.20. The molecule has 7 heteroatoms. The molecule has 2 aromatic carbocycles. The number of aliphatic hydroxyl groups excluding tert-OH is 1. The lowest BCUT2D eigenvalue weighted by Gasteiger charge is -2.21.